The van der Waals surface area contributed by atoms with Crippen molar-refractivity contribution in [1.82, 2.24) is 0 Å². The van der Waals surface area contributed by atoms with E-state index in [1.807, 2.05) is 11.8 Å². The van der Waals surface area contributed by atoms with Crippen molar-refractivity contribution in [3.8, 4) is 0 Å². The summed E-state index contributed by atoms with van der Waals surface area (Å²) in [6, 6.07) is 6.56. The molecule has 96 valence electrons. The quantitative estimate of drug-likeness (QED) is 0.583. The second kappa shape index (κ2) is 8.02. The van der Waals surface area contributed by atoms with Gasteiger partial charge in [-0.1, -0.05) is 37.9 Å². The fourth-order valence-electron chi connectivity index (χ4n) is 1.54. The SMILES string of the molecule is CCCCSc1ccc(CC(N)CC)c(Cl)c1. The van der Waals surface area contributed by atoms with Crippen molar-refractivity contribution in [2.75, 3.05) is 5.75 Å². The Bertz CT molecular complexity index is 341. The van der Waals surface area contributed by atoms with Crippen LogP contribution in [-0.2, 0) is 6.42 Å². The fourth-order valence-corrected chi connectivity index (χ4v) is 2.90. The Labute approximate surface area is 114 Å². The Morgan fingerprint density at radius 2 is 2.12 bits per heavy atom. The molecule has 0 aliphatic heterocycles. The number of nitrogens with two attached hydrogens (primary N) is 1. The molecule has 0 aromatic heterocycles. The summed E-state index contributed by atoms with van der Waals surface area (Å²) in [4.78, 5) is 1.26. The Morgan fingerprint density at radius 1 is 1.35 bits per heavy atom. The third kappa shape index (κ3) is 5.33. The minimum atomic E-state index is 0.214. The minimum absolute atomic E-state index is 0.214. The highest BCUT2D eigenvalue weighted by Gasteiger charge is 2.06. The molecule has 0 spiro atoms. The molecule has 1 atom stereocenters. The molecule has 0 aliphatic rings. The van der Waals surface area contributed by atoms with Gasteiger partial charge in [-0.05, 0) is 42.7 Å². The van der Waals surface area contributed by atoms with Gasteiger partial charge in [0.05, 0.1) is 0 Å². The minimum Gasteiger partial charge on any atom is -0.327 e. The highest BCUT2D eigenvalue weighted by atomic mass is 35.5. The molecule has 0 saturated heterocycles. The van der Waals surface area contributed by atoms with Crippen LogP contribution in [0.5, 0.6) is 0 Å². The molecule has 0 radical (unpaired) electrons. The lowest BCUT2D eigenvalue weighted by atomic mass is 10.1. The maximum Gasteiger partial charge on any atom is 0.0449 e. The second-order valence-electron chi connectivity index (χ2n) is 4.33. The molecule has 1 rings (SSSR count). The molecule has 2 N–H and O–H groups in total. The third-order valence-electron chi connectivity index (χ3n) is 2.80. The monoisotopic (exact) mass is 271 g/mol. The maximum absolute atomic E-state index is 6.27. The van der Waals surface area contributed by atoms with Crippen LogP contribution in [0.3, 0.4) is 0 Å². The molecule has 3 heteroatoms. The molecule has 0 saturated carbocycles. The van der Waals surface area contributed by atoms with E-state index in [0.717, 1.165) is 17.9 Å². The number of halogens is 1. The molecule has 1 nitrogen and oxygen atoms in total. The van der Waals surface area contributed by atoms with Gasteiger partial charge in [-0.15, -0.1) is 11.8 Å². The lowest BCUT2D eigenvalue weighted by Crippen LogP contribution is -2.21. The van der Waals surface area contributed by atoms with Gasteiger partial charge in [-0.2, -0.15) is 0 Å². The first-order chi connectivity index (χ1) is 8.17. The van der Waals surface area contributed by atoms with Gasteiger partial charge >= 0.3 is 0 Å². The van der Waals surface area contributed by atoms with Crippen molar-refractivity contribution in [3.05, 3.63) is 28.8 Å². The van der Waals surface area contributed by atoms with E-state index in [4.69, 9.17) is 17.3 Å². The van der Waals surface area contributed by atoms with Gasteiger partial charge < -0.3 is 5.73 Å². The number of hydrogen-bond donors (Lipinski definition) is 1. The summed E-state index contributed by atoms with van der Waals surface area (Å²) in [7, 11) is 0. The molecule has 0 fully saturated rings. The largest absolute Gasteiger partial charge is 0.327 e. The summed E-state index contributed by atoms with van der Waals surface area (Å²) in [6.45, 7) is 4.32. The molecule has 0 aliphatic carbocycles. The molecule has 1 aromatic rings. The van der Waals surface area contributed by atoms with Gasteiger partial charge in [0.25, 0.3) is 0 Å². The Morgan fingerprint density at radius 3 is 2.71 bits per heavy atom. The van der Waals surface area contributed by atoms with Crippen LogP contribution in [0.15, 0.2) is 23.1 Å². The van der Waals surface area contributed by atoms with Crippen molar-refractivity contribution < 1.29 is 0 Å². The fraction of sp³-hybridized carbons (Fsp3) is 0.571. The van der Waals surface area contributed by atoms with Crippen molar-refractivity contribution in [1.29, 1.82) is 0 Å². The Hall–Kier alpha value is -0.180. The van der Waals surface area contributed by atoms with Crippen LogP contribution in [0, 0.1) is 0 Å². The van der Waals surface area contributed by atoms with Gasteiger partial charge in [0.1, 0.15) is 0 Å². The van der Waals surface area contributed by atoms with Gasteiger partial charge in [0, 0.05) is 16.0 Å². The van der Waals surface area contributed by atoms with Crippen molar-refractivity contribution in [2.24, 2.45) is 5.73 Å². The van der Waals surface area contributed by atoms with E-state index >= 15 is 0 Å². The average Bonchev–Trinajstić information content (AvgIpc) is 2.32. The standard InChI is InChI=1S/C14H22ClNS/c1-3-5-8-17-13-7-6-11(14(15)10-13)9-12(16)4-2/h6-7,10,12H,3-5,8-9,16H2,1-2H3. The van der Waals surface area contributed by atoms with E-state index in [1.54, 1.807) is 0 Å². The van der Waals surface area contributed by atoms with Crippen LogP contribution in [-0.4, -0.2) is 11.8 Å². The van der Waals surface area contributed by atoms with E-state index in [1.165, 1.54) is 29.1 Å². The van der Waals surface area contributed by atoms with Crippen LogP contribution in [0.2, 0.25) is 5.02 Å². The molecule has 0 bridgehead atoms. The molecule has 0 amide bonds. The topological polar surface area (TPSA) is 26.0 Å². The molecular weight excluding hydrogens is 250 g/mol. The Kier molecular flexibility index (Phi) is 7.02. The molecule has 17 heavy (non-hydrogen) atoms. The number of thioether (sulfide) groups is 1. The summed E-state index contributed by atoms with van der Waals surface area (Å²) < 4.78 is 0. The first-order valence-electron chi connectivity index (χ1n) is 6.34. The van der Waals surface area contributed by atoms with Gasteiger partial charge in [0.2, 0.25) is 0 Å². The van der Waals surface area contributed by atoms with Crippen LogP contribution in [0.1, 0.15) is 38.7 Å². The van der Waals surface area contributed by atoms with Gasteiger partial charge in [-0.3, -0.25) is 0 Å². The summed E-state index contributed by atoms with van der Waals surface area (Å²) in [5.41, 5.74) is 7.11. The lowest BCUT2D eigenvalue weighted by Gasteiger charge is -2.11. The molecule has 1 unspecified atom stereocenters. The maximum atomic E-state index is 6.27. The van der Waals surface area contributed by atoms with Crippen LogP contribution >= 0.6 is 23.4 Å². The smallest absolute Gasteiger partial charge is 0.0449 e. The van der Waals surface area contributed by atoms with E-state index in [0.29, 0.717) is 0 Å². The summed E-state index contributed by atoms with van der Waals surface area (Å²) in [6.07, 6.45) is 4.35. The molecule has 0 heterocycles. The van der Waals surface area contributed by atoms with Crippen LogP contribution in [0.25, 0.3) is 0 Å². The highest BCUT2D eigenvalue weighted by molar-refractivity contribution is 7.99. The van der Waals surface area contributed by atoms with E-state index in [9.17, 15) is 0 Å². The zero-order chi connectivity index (χ0) is 12.7. The lowest BCUT2D eigenvalue weighted by molar-refractivity contribution is 0.646. The molecule has 1 aromatic carbocycles. The zero-order valence-electron chi connectivity index (χ0n) is 10.7. The van der Waals surface area contributed by atoms with Crippen LogP contribution in [0.4, 0.5) is 0 Å². The first kappa shape index (κ1) is 14.9. The summed E-state index contributed by atoms with van der Waals surface area (Å²) >= 11 is 8.15. The second-order valence-corrected chi connectivity index (χ2v) is 5.90. The van der Waals surface area contributed by atoms with Crippen molar-refractivity contribution in [2.45, 2.75) is 50.5 Å². The normalized spacial score (nSPS) is 12.7. The third-order valence-corrected chi connectivity index (χ3v) is 4.23. The van der Waals surface area contributed by atoms with Crippen molar-refractivity contribution >= 4 is 23.4 Å². The van der Waals surface area contributed by atoms with E-state index in [-0.39, 0.29) is 6.04 Å². The average molecular weight is 272 g/mol. The number of hydrogen-bond acceptors (Lipinski definition) is 2. The predicted octanol–water partition coefficient (Wildman–Crippen LogP) is 4.51. The highest BCUT2D eigenvalue weighted by Crippen LogP contribution is 2.26. The van der Waals surface area contributed by atoms with E-state index < -0.39 is 0 Å². The van der Waals surface area contributed by atoms with E-state index in [2.05, 4.69) is 32.0 Å². The first-order valence-corrected chi connectivity index (χ1v) is 7.70. The van der Waals surface area contributed by atoms with Crippen LogP contribution < -0.4 is 5.73 Å². The predicted molar refractivity (Wildman–Crippen MR) is 79.1 cm³/mol. The number of rotatable bonds is 7. The van der Waals surface area contributed by atoms with Gasteiger partial charge in [0.15, 0.2) is 0 Å². The Balaban J connectivity index is 2.59. The van der Waals surface area contributed by atoms with Gasteiger partial charge in [-0.25, -0.2) is 0 Å². The zero-order valence-corrected chi connectivity index (χ0v) is 12.3. The number of unbranched alkanes of at least 4 members (excludes halogenated alkanes) is 1. The summed E-state index contributed by atoms with van der Waals surface area (Å²) in [5.74, 6) is 1.17. The number of benzene rings is 1. The summed E-state index contributed by atoms with van der Waals surface area (Å²) in [5, 5.41) is 0.857. The molecular formula is C14H22ClNS. The van der Waals surface area contributed by atoms with Crippen molar-refractivity contribution in [3.63, 3.8) is 0 Å².